The zero-order valence-corrected chi connectivity index (χ0v) is 7.52. The predicted molar refractivity (Wildman–Crippen MR) is 47.7 cm³/mol. The van der Waals surface area contributed by atoms with E-state index in [-0.39, 0.29) is 11.2 Å². The Morgan fingerprint density at radius 3 is 2.50 bits per heavy atom. The Morgan fingerprint density at radius 2 is 2.00 bits per heavy atom. The van der Waals surface area contributed by atoms with E-state index in [0.717, 1.165) is 24.0 Å². The molecule has 1 aliphatic rings. The van der Waals surface area contributed by atoms with Crippen molar-refractivity contribution in [3.8, 4) is 0 Å². The van der Waals surface area contributed by atoms with Gasteiger partial charge in [-0.2, -0.15) is 0 Å². The zero-order chi connectivity index (χ0) is 8.77. The minimum absolute atomic E-state index is 0.0324. The third kappa shape index (κ3) is 1.13. The standard InChI is InChI=1S/C11H13F/c1-8-3-4-9(10(12)7-8)11(2)5-6-11/h3-4,7H,5-6H2,1-2H3. The second kappa shape index (κ2) is 2.32. The molecule has 0 atom stereocenters. The van der Waals surface area contributed by atoms with E-state index in [0.29, 0.717) is 0 Å². The van der Waals surface area contributed by atoms with Crippen molar-refractivity contribution in [3.05, 3.63) is 35.1 Å². The molecule has 0 unspecified atom stereocenters. The van der Waals surface area contributed by atoms with Crippen LogP contribution in [0.2, 0.25) is 0 Å². The van der Waals surface area contributed by atoms with Gasteiger partial charge in [-0.25, -0.2) is 4.39 Å². The molecule has 1 heteroatoms. The summed E-state index contributed by atoms with van der Waals surface area (Å²) in [5.74, 6) is -0.0324. The summed E-state index contributed by atoms with van der Waals surface area (Å²) in [5, 5.41) is 0. The fraction of sp³-hybridized carbons (Fsp3) is 0.455. The first-order valence-corrected chi connectivity index (χ1v) is 4.38. The number of rotatable bonds is 1. The van der Waals surface area contributed by atoms with Gasteiger partial charge in [0.2, 0.25) is 0 Å². The number of halogens is 1. The van der Waals surface area contributed by atoms with Gasteiger partial charge >= 0.3 is 0 Å². The zero-order valence-electron chi connectivity index (χ0n) is 7.52. The molecule has 0 aromatic heterocycles. The maximum atomic E-state index is 13.4. The summed E-state index contributed by atoms with van der Waals surface area (Å²) >= 11 is 0. The molecule has 12 heavy (non-hydrogen) atoms. The van der Waals surface area contributed by atoms with Gasteiger partial charge in [0.05, 0.1) is 0 Å². The van der Waals surface area contributed by atoms with E-state index in [2.05, 4.69) is 6.92 Å². The Hall–Kier alpha value is -0.850. The Bertz CT molecular complexity index is 311. The number of hydrogen-bond acceptors (Lipinski definition) is 0. The highest BCUT2D eigenvalue weighted by atomic mass is 19.1. The monoisotopic (exact) mass is 164 g/mol. The van der Waals surface area contributed by atoms with Crippen LogP contribution in [-0.4, -0.2) is 0 Å². The topological polar surface area (TPSA) is 0 Å². The summed E-state index contributed by atoms with van der Waals surface area (Å²) in [7, 11) is 0. The SMILES string of the molecule is Cc1ccc(C2(C)CC2)c(F)c1. The van der Waals surface area contributed by atoms with Crippen LogP contribution in [-0.2, 0) is 5.41 Å². The first kappa shape index (κ1) is 7.78. The van der Waals surface area contributed by atoms with Crippen molar-refractivity contribution in [2.75, 3.05) is 0 Å². The average molecular weight is 164 g/mol. The smallest absolute Gasteiger partial charge is 0.127 e. The molecular weight excluding hydrogens is 151 g/mol. The van der Waals surface area contributed by atoms with Crippen LogP contribution in [0.15, 0.2) is 18.2 Å². The van der Waals surface area contributed by atoms with Crippen LogP contribution in [0.1, 0.15) is 30.9 Å². The van der Waals surface area contributed by atoms with E-state index in [9.17, 15) is 4.39 Å². The van der Waals surface area contributed by atoms with Crippen LogP contribution in [0.3, 0.4) is 0 Å². The highest BCUT2D eigenvalue weighted by Gasteiger charge is 2.40. The fourth-order valence-corrected chi connectivity index (χ4v) is 1.57. The molecule has 1 aliphatic carbocycles. The van der Waals surface area contributed by atoms with Crippen molar-refractivity contribution in [1.29, 1.82) is 0 Å². The third-order valence-electron chi connectivity index (χ3n) is 2.77. The van der Waals surface area contributed by atoms with Gasteiger partial charge in [-0.05, 0) is 42.4 Å². The molecule has 0 spiro atoms. The van der Waals surface area contributed by atoms with E-state index in [1.165, 1.54) is 0 Å². The van der Waals surface area contributed by atoms with Crippen LogP contribution in [0.5, 0.6) is 0 Å². The van der Waals surface area contributed by atoms with Crippen LogP contribution in [0.25, 0.3) is 0 Å². The quantitative estimate of drug-likeness (QED) is 0.598. The lowest BCUT2D eigenvalue weighted by Crippen LogP contribution is -2.03. The van der Waals surface area contributed by atoms with Crippen LogP contribution < -0.4 is 0 Å². The Balaban J connectivity index is 2.45. The van der Waals surface area contributed by atoms with Crippen LogP contribution >= 0.6 is 0 Å². The minimum atomic E-state index is -0.0324. The van der Waals surface area contributed by atoms with Crippen molar-refractivity contribution in [2.45, 2.75) is 32.1 Å². The molecule has 64 valence electrons. The number of hydrogen-bond donors (Lipinski definition) is 0. The molecule has 0 aliphatic heterocycles. The minimum Gasteiger partial charge on any atom is -0.207 e. The van der Waals surface area contributed by atoms with E-state index in [1.54, 1.807) is 6.07 Å². The molecule has 2 rings (SSSR count). The number of benzene rings is 1. The second-order valence-corrected chi connectivity index (χ2v) is 4.04. The Kier molecular flexibility index (Phi) is 1.50. The predicted octanol–water partition coefficient (Wildman–Crippen LogP) is 3.19. The highest BCUT2D eigenvalue weighted by molar-refractivity contribution is 5.33. The first-order chi connectivity index (χ1) is 5.62. The van der Waals surface area contributed by atoms with Gasteiger partial charge in [-0.15, -0.1) is 0 Å². The maximum absolute atomic E-state index is 13.4. The molecule has 1 aromatic carbocycles. The number of aryl methyl sites for hydroxylation is 1. The molecule has 0 bridgehead atoms. The van der Waals surface area contributed by atoms with Gasteiger partial charge in [-0.3, -0.25) is 0 Å². The van der Waals surface area contributed by atoms with E-state index >= 15 is 0 Å². The van der Waals surface area contributed by atoms with E-state index < -0.39 is 0 Å². The summed E-state index contributed by atoms with van der Waals surface area (Å²) in [6.45, 7) is 4.04. The lowest BCUT2D eigenvalue weighted by atomic mass is 9.97. The largest absolute Gasteiger partial charge is 0.207 e. The van der Waals surface area contributed by atoms with Crippen molar-refractivity contribution in [1.82, 2.24) is 0 Å². The summed E-state index contributed by atoms with van der Waals surface area (Å²) < 4.78 is 13.4. The van der Waals surface area contributed by atoms with E-state index in [4.69, 9.17) is 0 Å². The van der Waals surface area contributed by atoms with Crippen molar-refractivity contribution in [3.63, 3.8) is 0 Å². The Morgan fingerprint density at radius 1 is 1.33 bits per heavy atom. The summed E-state index contributed by atoms with van der Waals surface area (Å²) in [5.41, 5.74) is 2.05. The average Bonchev–Trinajstić information content (AvgIpc) is 2.68. The summed E-state index contributed by atoms with van der Waals surface area (Å²) in [6.07, 6.45) is 2.26. The summed E-state index contributed by atoms with van der Waals surface area (Å²) in [6, 6.07) is 5.54. The summed E-state index contributed by atoms with van der Waals surface area (Å²) in [4.78, 5) is 0. The van der Waals surface area contributed by atoms with E-state index in [1.807, 2.05) is 19.1 Å². The van der Waals surface area contributed by atoms with Gasteiger partial charge in [-0.1, -0.05) is 19.1 Å². The maximum Gasteiger partial charge on any atom is 0.127 e. The molecular formula is C11H13F. The Labute approximate surface area is 72.4 Å². The molecule has 0 nitrogen and oxygen atoms in total. The van der Waals surface area contributed by atoms with Gasteiger partial charge in [0.15, 0.2) is 0 Å². The molecule has 1 saturated carbocycles. The molecule has 0 N–H and O–H groups in total. The fourth-order valence-electron chi connectivity index (χ4n) is 1.57. The normalized spacial score (nSPS) is 19.2. The van der Waals surface area contributed by atoms with Gasteiger partial charge in [0.25, 0.3) is 0 Å². The third-order valence-corrected chi connectivity index (χ3v) is 2.77. The van der Waals surface area contributed by atoms with Gasteiger partial charge in [0.1, 0.15) is 5.82 Å². The second-order valence-electron chi connectivity index (χ2n) is 4.04. The van der Waals surface area contributed by atoms with Gasteiger partial charge < -0.3 is 0 Å². The van der Waals surface area contributed by atoms with Crippen molar-refractivity contribution >= 4 is 0 Å². The van der Waals surface area contributed by atoms with Crippen LogP contribution in [0, 0.1) is 12.7 Å². The molecule has 0 radical (unpaired) electrons. The van der Waals surface area contributed by atoms with Crippen LogP contribution in [0.4, 0.5) is 4.39 Å². The molecule has 0 amide bonds. The molecule has 0 heterocycles. The molecule has 0 saturated heterocycles. The van der Waals surface area contributed by atoms with Crippen molar-refractivity contribution < 1.29 is 4.39 Å². The lowest BCUT2D eigenvalue weighted by molar-refractivity contribution is 0.585. The molecule has 1 fully saturated rings. The molecule has 1 aromatic rings. The first-order valence-electron chi connectivity index (χ1n) is 4.38. The lowest BCUT2D eigenvalue weighted by Gasteiger charge is -2.09. The van der Waals surface area contributed by atoms with Crippen molar-refractivity contribution in [2.24, 2.45) is 0 Å². The van der Waals surface area contributed by atoms with Gasteiger partial charge in [0, 0.05) is 0 Å². The highest BCUT2D eigenvalue weighted by Crippen LogP contribution is 2.48.